The summed E-state index contributed by atoms with van der Waals surface area (Å²) in [7, 11) is 1.69. The second-order valence-electron chi connectivity index (χ2n) is 8.36. The van der Waals surface area contributed by atoms with Gasteiger partial charge in [-0.3, -0.25) is 4.99 Å². The number of likely N-dealkylation sites (tertiary alicyclic amines) is 1. The third-order valence-corrected chi connectivity index (χ3v) is 4.83. The Balaban J connectivity index is 0.00000363. The molecule has 176 valence electrons. The van der Waals surface area contributed by atoms with E-state index in [1.165, 1.54) is 0 Å². The van der Waals surface area contributed by atoms with Gasteiger partial charge in [-0.05, 0) is 45.7 Å². The Morgan fingerprint density at radius 3 is 2.88 bits per heavy atom. The number of carbonyl (C=O) groups excluding carboxylic acids is 1. The molecule has 1 unspecified atom stereocenters. The van der Waals surface area contributed by atoms with Crippen LogP contribution in [-0.4, -0.2) is 58.9 Å². The van der Waals surface area contributed by atoms with Crippen LogP contribution in [-0.2, 0) is 11.3 Å². The van der Waals surface area contributed by atoms with Gasteiger partial charge in [0.25, 0.3) is 0 Å². The van der Waals surface area contributed by atoms with E-state index in [2.05, 4.69) is 25.8 Å². The van der Waals surface area contributed by atoms with E-state index in [0.29, 0.717) is 42.3 Å². The summed E-state index contributed by atoms with van der Waals surface area (Å²) >= 11 is 6.02. The van der Waals surface area contributed by atoms with Crippen LogP contribution < -0.4 is 10.6 Å². The molecule has 0 spiro atoms. The number of carbonyl (C=O) groups is 1. The van der Waals surface area contributed by atoms with E-state index in [4.69, 9.17) is 20.9 Å². The summed E-state index contributed by atoms with van der Waals surface area (Å²) in [5.41, 5.74) is 0.276. The summed E-state index contributed by atoms with van der Waals surface area (Å²) < 4.78 is 10.8. The molecular formula is C21H30ClIN6O3. The van der Waals surface area contributed by atoms with Crippen molar-refractivity contribution < 1.29 is 14.1 Å². The topological polar surface area (TPSA) is 105 Å². The molecule has 1 amide bonds. The van der Waals surface area contributed by atoms with E-state index in [-0.39, 0.29) is 36.1 Å². The second-order valence-corrected chi connectivity index (χ2v) is 8.79. The molecular weight excluding hydrogens is 547 g/mol. The van der Waals surface area contributed by atoms with Gasteiger partial charge in [-0.1, -0.05) is 28.9 Å². The fourth-order valence-electron chi connectivity index (χ4n) is 3.21. The number of halogens is 2. The van der Waals surface area contributed by atoms with Gasteiger partial charge in [0.15, 0.2) is 5.96 Å². The molecule has 1 aromatic carbocycles. The SMILES string of the molecule is CN=C(NCc1nc(-c2cccc(Cl)c2)no1)NC1CCCN(C(=O)OC(C)(C)C)C1.I. The van der Waals surface area contributed by atoms with Gasteiger partial charge in [0, 0.05) is 36.8 Å². The molecule has 2 aromatic rings. The summed E-state index contributed by atoms with van der Waals surface area (Å²) in [6.45, 7) is 7.15. The average Bonchev–Trinajstić information content (AvgIpc) is 3.19. The Kier molecular flexibility index (Phi) is 9.56. The number of piperidine rings is 1. The minimum absolute atomic E-state index is 0. The third-order valence-electron chi connectivity index (χ3n) is 4.60. The minimum Gasteiger partial charge on any atom is -0.444 e. The molecule has 2 N–H and O–H groups in total. The summed E-state index contributed by atoms with van der Waals surface area (Å²) in [5.74, 6) is 1.50. The van der Waals surface area contributed by atoms with Gasteiger partial charge in [-0.15, -0.1) is 24.0 Å². The molecule has 0 bridgehead atoms. The molecule has 3 rings (SSSR count). The fraction of sp³-hybridized carbons (Fsp3) is 0.524. The lowest BCUT2D eigenvalue weighted by atomic mass is 10.1. The van der Waals surface area contributed by atoms with Gasteiger partial charge in [0.1, 0.15) is 5.60 Å². The molecule has 1 atom stereocenters. The van der Waals surface area contributed by atoms with Crippen LogP contribution in [0.2, 0.25) is 5.02 Å². The Morgan fingerprint density at radius 2 is 2.19 bits per heavy atom. The summed E-state index contributed by atoms with van der Waals surface area (Å²) in [6, 6.07) is 7.34. The van der Waals surface area contributed by atoms with E-state index < -0.39 is 5.60 Å². The molecule has 32 heavy (non-hydrogen) atoms. The van der Waals surface area contributed by atoms with Crippen molar-refractivity contribution in [3.05, 3.63) is 35.2 Å². The van der Waals surface area contributed by atoms with Crippen LogP contribution in [0.3, 0.4) is 0 Å². The Hall–Kier alpha value is -2.08. The molecule has 1 aliphatic heterocycles. The van der Waals surface area contributed by atoms with Gasteiger partial charge in [0.2, 0.25) is 11.7 Å². The van der Waals surface area contributed by atoms with Crippen molar-refractivity contribution >= 4 is 47.6 Å². The standard InChI is InChI=1S/C21H29ClN6O3.HI/c1-21(2,3)30-20(29)28-10-6-9-16(13-28)25-19(23-4)24-12-17-26-18(27-31-17)14-7-5-8-15(22)11-14;/h5,7-8,11,16H,6,9-10,12-13H2,1-4H3,(H2,23,24,25);1H. The van der Waals surface area contributed by atoms with Gasteiger partial charge in [-0.25, -0.2) is 4.79 Å². The molecule has 2 heterocycles. The van der Waals surface area contributed by atoms with Crippen LogP contribution in [0.4, 0.5) is 4.79 Å². The number of ether oxygens (including phenoxy) is 1. The molecule has 1 saturated heterocycles. The first-order valence-electron chi connectivity index (χ1n) is 10.3. The predicted molar refractivity (Wildman–Crippen MR) is 134 cm³/mol. The first-order valence-corrected chi connectivity index (χ1v) is 10.6. The van der Waals surface area contributed by atoms with Gasteiger partial charge < -0.3 is 24.8 Å². The van der Waals surface area contributed by atoms with Crippen LogP contribution in [0.15, 0.2) is 33.8 Å². The summed E-state index contributed by atoms with van der Waals surface area (Å²) in [6.07, 6.45) is 1.53. The van der Waals surface area contributed by atoms with E-state index >= 15 is 0 Å². The Bertz CT molecular complexity index is 930. The van der Waals surface area contributed by atoms with Crippen molar-refractivity contribution in [3.8, 4) is 11.4 Å². The Labute approximate surface area is 210 Å². The minimum atomic E-state index is -0.511. The van der Waals surface area contributed by atoms with E-state index in [9.17, 15) is 4.79 Å². The largest absolute Gasteiger partial charge is 0.444 e. The second kappa shape index (κ2) is 11.7. The van der Waals surface area contributed by atoms with Crippen LogP contribution in [0.1, 0.15) is 39.5 Å². The molecule has 11 heteroatoms. The van der Waals surface area contributed by atoms with Gasteiger partial charge in [0.05, 0.1) is 6.54 Å². The van der Waals surface area contributed by atoms with Crippen molar-refractivity contribution in [1.29, 1.82) is 0 Å². The highest BCUT2D eigenvalue weighted by Crippen LogP contribution is 2.20. The third kappa shape index (κ3) is 7.80. The van der Waals surface area contributed by atoms with Crippen LogP contribution in [0, 0.1) is 0 Å². The first-order chi connectivity index (χ1) is 14.7. The monoisotopic (exact) mass is 576 g/mol. The number of rotatable bonds is 4. The molecule has 0 saturated carbocycles. The maximum Gasteiger partial charge on any atom is 0.410 e. The zero-order chi connectivity index (χ0) is 22.4. The van der Waals surface area contributed by atoms with Crippen LogP contribution in [0.25, 0.3) is 11.4 Å². The summed E-state index contributed by atoms with van der Waals surface area (Å²) in [4.78, 5) is 22.7. The molecule has 0 aliphatic carbocycles. The number of nitrogens with zero attached hydrogens (tertiary/aromatic N) is 4. The number of aromatic nitrogens is 2. The Morgan fingerprint density at radius 1 is 1.41 bits per heavy atom. The van der Waals surface area contributed by atoms with Gasteiger partial charge in [-0.2, -0.15) is 4.98 Å². The lowest BCUT2D eigenvalue weighted by molar-refractivity contribution is 0.0193. The fourth-order valence-corrected chi connectivity index (χ4v) is 3.40. The van der Waals surface area contributed by atoms with Crippen LogP contribution in [0.5, 0.6) is 0 Å². The highest BCUT2D eigenvalue weighted by atomic mass is 127. The smallest absolute Gasteiger partial charge is 0.410 e. The van der Waals surface area contributed by atoms with Crippen molar-refractivity contribution in [3.63, 3.8) is 0 Å². The lowest BCUT2D eigenvalue weighted by Crippen LogP contribution is -2.53. The van der Waals surface area contributed by atoms with Gasteiger partial charge >= 0.3 is 6.09 Å². The number of aliphatic imine (C=N–C) groups is 1. The van der Waals surface area contributed by atoms with Crippen molar-refractivity contribution in [2.75, 3.05) is 20.1 Å². The highest BCUT2D eigenvalue weighted by molar-refractivity contribution is 14.0. The maximum atomic E-state index is 12.4. The molecule has 0 radical (unpaired) electrons. The highest BCUT2D eigenvalue weighted by Gasteiger charge is 2.28. The number of guanidine groups is 1. The van der Waals surface area contributed by atoms with E-state index in [0.717, 1.165) is 18.4 Å². The zero-order valence-electron chi connectivity index (χ0n) is 18.7. The normalized spacial score (nSPS) is 16.8. The van der Waals surface area contributed by atoms with Crippen LogP contribution >= 0.6 is 35.6 Å². The molecule has 1 fully saturated rings. The van der Waals surface area contributed by atoms with Crippen molar-refractivity contribution in [2.45, 2.75) is 51.8 Å². The molecule has 1 aromatic heterocycles. The lowest BCUT2D eigenvalue weighted by Gasteiger charge is -2.34. The quantitative estimate of drug-likeness (QED) is 0.321. The average molecular weight is 577 g/mol. The zero-order valence-corrected chi connectivity index (χ0v) is 21.8. The van der Waals surface area contributed by atoms with Crippen molar-refractivity contribution in [1.82, 2.24) is 25.7 Å². The predicted octanol–water partition coefficient (Wildman–Crippen LogP) is 4.07. The number of hydrogen-bond donors (Lipinski definition) is 2. The van der Waals surface area contributed by atoms with E-state index in [1.807, 2.05) is 32.9 Å². The number of benzene rings is 1. The number of nitrogens with one attached hydrogen (secondary N) is 2. The van der Waals surface area contributed by atoms with E-state index in [1.54, 1.807) is 24.1 Å². The molecule has 9 nitrogen and oxygen atoms in total. The molecule has 1 aliphatic rings. The maximum absolute atomic E-state index is 12.4. The first kappa shape index (κ1) is 26.2. The summed E-state index contributed by atoms with van der Waals surface area (Å²) in [5, 5.41) is 11.1. The van der Waals surface area contributed by atoms with Crippen molar-refractivity contribution in [2.24, 2.45) is 4.99 Å². The number of amides is 1. The number of hydrogen-bond acceptors (Lipinski definition) is 6.